The highest BCUT2D eigenvalue weighted by atomic mass is 79.9. The predicted molar refractivity (Wildman–Crippen MR) is 122 cm³/mol. The summed E-state index contributed by atoms with van der Waals surface area (Å²) in [6.07, 6.45) is 0.469. The molecule has 0 aliphatic carbocycles. The summed E-state index contributed by atoms with van der Waals surface area (Å²) in [7, 11) is 0. The molecule has 2 nitrogen and oxygen atoms in total. The monoisotopic (exact) mass is 441 g/mol. The molecule has 0 saturated carbocycles. The number of hydrogen-bond acceptors (Lipinski definition) is 1. The van der Waals surface area contributed by atoms with Crippen molar-refractivity contribution in [2.45, 2.75) is 18.9 Å². The molecular formula is C26H20BrNO. The van der Waals surface area contributed by atoms with Crippen LogP contribution < -0.4 is 4.90 Å². The fraction of sp³-hybridized carbons (Fsp3) is 0.115. The van der Waals surface area contributed by atoms with Crippen molar-refractivity contribution in [2.24, 2.45) is 0 Å². The highest BCUT2D eigenvalue weighted by molar-refractivity contribution is 9.10. The van der Waals surface area contributed by atoms with E-state index in [1.165, 1.54) is 16.3 Å². The topological polar surface area (TPSA) is 20.3 Å². The van der Waals surface area contributed by atoms with Crippen LogP contribution in [0, 0.1) is 0 Å². The summed E-state index contributed by atoms with van der Waals surface area (Å²) in [5.41, 5.74) is 4.56. The molecule has 1 unspecified atom stereocenters. The lowest BCUT2D eigenvalue weighted by Crippen LogP contribution is -2.36. The number of amides is 1. The lowest BCUT2D eigenvalue weighted by Gasteiger charge is -2.35. The van der Waals surface area contributed by atoms with Crippen molar-refractivity contribution in [1.82, 2.24) is 0 Å². The minimum atomic E-state index is 0.0335. The van der Waals surface area contributed by atoms with Crippen LogP contribution in [0.2, 0.25) is 0 Å². The van der Waals surface area contributed by atoms with Gasteiger partial charge in [0.15, 0.2) is 0 Å². The second-order valence-electron chi connectivity index (χ2n) is 7.46. The third-order valence-electron chi connectivity index (χ3n) is 5.73. The van der Waals surface area contributed by atoms with E-state index in [9.17, 15) is 4.79 Å². The second kappa shape index (κ2) is 7.49. The molecule has 4 aromatic carbocycles. The lowest BCUT2D eigenvalue weighted by atomic mass is 9.81. The molecule has 0 fully saturated rings. The number of nitrogens with zero attached hydrogens (tertiary/aromatic N) is 1. The SMILES string of the molecule is O=C1CC(c2ccccc2Br)c2c(ccc3ccccc23)N1Cc1ccccc1. The molecule has 0 saturated heterocycles. The van der Waals surface area contributed by atoms with E-state index in [4.69, 9.17) is 0 Å². The van der Waals surface area contributed by atoms with Gasteiger partial charge in [-0.25, -0.2) is 0 Å². The Bertz CT molecular complexity index is 1200. The molecule has 1 aliphatic heterocycles. The third-order valence-corrected chi connectivity index (χ3v) is 6.45. The van der Waals surface area contributed by atoms with Crippen LogP contribution in [0.25, 0.3) is 10.8 Å². The van der Waals surface area contributed by atoms with Gasteiger partial charge in [0.25, 0.3) is 0 Å². The predicted octanol–water partition coefficient (Wildman–Crippen LogP) is 6.67. The molecule has 1 aliphatic rings. The highest BCUT2D eigenvalue weighted by Crippen LogP contribution is 2.45. The highest BCUT2D eigenvalue weighted by Gasteiger charge is 2.34. The minimum absolute atomic E-state index is 0.0335. The van der Waals surface area contributed by atoms with Crippen LogP contribution in [-0.2, 0) is 11.3 Å². The summed E-state index contributed by atoms with van der Waals surface area (Å²) < 4.78 is 1.05. The normalized spacial score (nSPS) is 16.1. The average Bonchev–Trinajstić information content (AvgIpc) is 2.76. The Labute approximate surface area is 178 Å². The van der Waals surface area contributed by atoms with Gasteiger partial charge >= 0.3 is 0 Å². The quantitative estimate of drug-likeness (QED) is 0.347. The van der Waals surface area contributed by atoms with E-state index in [0.29, 0.717) is 13.0 Å². The number of anilines is 1. The van der Waals surface area contributed by atoms with Crippen molar-refractivity contribution in [2.75, 3.05) is 4.90 Å². The smallest absolute Gasteiger partial charge is 0.228 e. The Kier molecular flexibility index (Phi) is 4.69. The van der Waals surface area contributed by atoms with Gasteiger partial charge < -0.3 is 4.90 Å². The Morgan fingerprint density at radius 1 is 0.828 bits per heavy atom. The van der Waals surface area contributed by atoms with Gasteiger partial charge in [0.05, 0.1) is 6.54 Å². The van der Waals surface area contributed by atoms with Gasteiger partial charge in [-0.2, -0.15) is 0 Å². The maximum Gasteiger partial charge on any atom is 0.228 e. The van der Waals surface area contributed by atoms with Gasteiger partial charge in [-0.15, -0.1) is 0 Å². The molecule has 5 rings (SSSR count). The second-order valence-corrected chi connectivity index (χ2v) is 8.32. The number of fused-ring (bicyclic) bond motifs is 3. The van der Waals surface area contributed by atoms with E-state index < -0.39 is 0 Å². The zero-order valence-corrected chi connectivity index (χ0v) is 17.5. The van der Waals surface area contributed by atoms with Crippen LogP contribution >= 0.6 is 15.9 Å². The van der Waals surface area contributed by atoms with Gasteiger partial charge in [0.2, 0.25) is 5.91 Å². The van der Waals surface area contributed by atoms with E-state index in [-0.39, 0.29) is 11.8 Å². The van der Waals surface area contributed by atoms with Crippen molar-refractivity contribution < 1.29 is 4.79 Å². The van der Waals surface area contributed by atoms with E-state index in [1.807, 2.05) is 35.2 Å². The molecule has 142 valence electrons. The first-order chi connectivity index (χ1) is 14.2. The molecule has 0 bridgehead atoms. The molecule has 1 amide bonds. The summed E-state index contributed by atoms with van der Waals surface area (Å²) >= 11 is 3.71. The fourth-order valence-electron chi connectivity index (χ4n) is 4.37. The van der Waals surface area contributed by atoms with Gasteiger partial charge in [-0.1, -0.05) is 94.8 Å². The van der Waals surface area contributed by atoms with E-state index in [1.54, 1.807) is 0 Å². The Balaban J connectivity index is 1.71. The van der Waals surface area contributed by atoms with Crippen LogP contribution in [0.4, 0.5) is 5.69 Å². The molecule has 0 spiro atoms. The molecule has 1 atom stereocenters. The van der Waals surface area contributed by atoms with E-state index in [2.05, 4.69) is 76.6 Å². The molecule has 3 heteroatoms. The van der Waals surface area contributed by atoms with E-state index in [0.717, 1.165) is 21.3 Å². The van der Waals surface area contributed by atoms with Crippen LogP contribution in [0.1, 0.15) is 29.0 Å². The van der Waals surface area contributed by atoms with Gasteiger partial charge in [0.1, 0.15) is 0 Å². The Hall–Kier alpha value is -2.91. The first-order valence-corrected chi connectivity index (χ1v) is 10.6. The zero-order chi connectivity index (χ0) is 19.8. The zero-order valence-electron chi connectivity index (χ0n) is 15.9. The number of carbonyl (C=O) groups excluding carboxylic acids is 1. The van der Waals surface area contributed by atoms with Gasteiger partial charge in [-0.05, 0) is 39.6 Å². The van der Waals surface area contributed by atoms with Crippen LogP contribution in [0.5, 0.6) is 0 Å². The summed E-state index contributed by atoms with van der Waals surface area (Å²) in [6.45, 7) is 0.591. The fourth-order valence-corrected chi connectivity index (χ4v) is 4.93. The number of carbonyl (C=O) groups is 1. The van der Waals surface area contributed by atoms with Crippen molar-refractivity contribution in [3.8, 4) is 0 Å². The van der Waals surface area contributed by atoms with Crippen molar-refractivity contribution in [1.29, 1.82) is 0 Å². The summed E-state index contributed by atoms with van der Waals surface area (Å²) in [6, 6.07) is 31.2. The lowest BCUT2D eigenvalue weighted by molar-refractivity contribution is -0.119. The van der Waals surface area contributed by atoms with E-state index >= 15 is 0 Å². The first kappa shape index (κ1) is 18.1. The minimum Gasteiger partial charge on any atom is -0.308 e. The van der Waals surface area contributed by atoms with Crippen LogP contribution in [0.3, 0.4) is 0 Å². The maximum atomic E-state index is 13.3. The third kappa shape index (κ3) is 3.26. The Morgan fingerprint density at radius 3 is 2.38 bits per heavy atom. The molecule has 0 aromatic heterocycles. The molecule has 4 aromatic rings. The average molecular weight is 442 g/mol. The molecule has 0 radical (unpaired) electrons. The summed E-state index contributed by atoms with van der Waals surface area (Å²) in [4.78, 5) is 15.3. The number of halogens is 1. The number of hydrogen-bond donors (Lipinski definition) is 0. The molecule has 1 heterocycles. The Morgan fingerprint density at radius 2 is 1.55 bits per heavy atom. The van der Waals surface area contributed by atoms with Gasteiger partial charge in [0, 0.05) is 22.5 Å². The standard InChI is InChI=1S/C26H20BrNO/c27-23-13-7-6-12-21(23)22-16-25(29)28(17-18-8-2-1-3-9-18)24-15-14-19-10-4-5-11-20(19)26(22)24/h1-15,22H,16-17H2. The summed E-state index contributed by atoms with van der Waals surface area (Å²) in [5.74, 6) is 0.198. The van der Waals surface area contributed by atoms with Crippen LogP contribution in [0.15, 0.2) is 95.5 Å². The summed E-state index contributed by atoms with van der Waals surface area (Å²) in [5, 5.41) is 2.42. The molecular weight excluding hydrogens is 422 g/mol. The van der Waals surface area contributed by atoms with Crippen molar-refractivity contribution >= 4 is 38.3 Å². The number of benzene rings is 4. The van der Waals surface area contributed by atoms with Gasteiger partial charge in [-0.3, -0.25) is 4.79 Å². The van der Waals surface area contributed by atoms with Crippen molar-refractivity contribution in [3.63, 3.8) is 0 Å². The molecule has 29 heavy (non-hydrogen) atoms. The first-order valence-electron chi connectivity index (χ1n) is 9.83. The maximum absolute atomic E-state index is 13.3. The van der Waals surface area contributed by atoms with Crippen molar-refractivity contribution in [3.05, 3.63) is 112 Å². The largest absolute Gasteiger partial charge is 0.308 e. The number of rotatable bonds is 3. The van der Waals surface area contributed by atoms with Crippen LogP contribution in [-0.4, -0.2) is 5.91 Å². The molecule has 0 N–H and O–H groups in total.